The molecule has 0 spiro atoms. The number of hydrogen-bond donors (Lipinski definition) is 1. The number of benzene rings is 1. The smallest absolute Gasteiger partial charge is 0.338 e. The van der Waals surface area contributed by atoms with Crippen molar-refractivity contribution in [3.8, 4) is 0 Å². The van der Waals surface area contributed by atoms with Gasteiger partial charge in [-0.1, -0.05) is 24.1 Å². The molecule has 1 aliphatic rings. The molecule has 1 fully saturated rings. The molecular formula is C20H23ClN2O5S2. The van der Waals surface area contributed by atoms with Gasteiger partial charge in [0.1, 0.15) is 4.90 Å². The van der Waals surface area contributed by atoms with Crippen LogP contribution in [0.15, 0.2) is 40.6 Å². The molecule has 162 valence electrons. The molecule has 2 aromatic rings. The van der Waals surface area contributed by atoms with Gasteiger partial charge in [-0.3, -0.25) is 4.79 Å². The molecule has 1 aliphatic heterocycles. The van der Waals surface area contributed by atoms with Gasteiger partial charge >= 0.3 is 5.97 Å². The molecule has 1 aromatic carbocycles. The maximum atomic E-state index is 12.9. The van der Waals surface area contributed by atoms with Crippen molar-refractivity contribution in [2.24, 2.45) is 0 Å². The van der Waals surface area contributed by atoms with Crippen LogP contribution >= 0.6 is 22.9 Å². The Bertz CT molecular complexity index is 1000. The summed E-state index contributed by atoms with van der Waals surface area (Å²) in [5.41, 5.74) is 0.0223. The van der Waals surface area contributed by atoms with E-state index in [-0.39, 0.29) is 21.5 Å². The van der Waals surface area contributed by atoms with Crippen LogP contribution in [0.5, 0.6) is 0 Å². The normalized spacial score (nSPS) is 16.1. The maximum absolute atomic E-state index is 12.9. The minimum absolute atomic E-state index is 0.0223. The van der Waals surface area contributed by atoms with Gasteiger partial charge in [0.25, 0.3) is 5.91 Å². The molecule has 30 heavy (non-hydrogen) atoms. The van der Waals surface area contributed by atoms with Gasteiger partial charge in [-0.05, 0) is 49.4 Å². The van der Waals surface area contributed by atoms with Crippen molar-refractivity contribution < 1.29 is 22.7 Å². The second-order valence-electron chi connectivity index (χ2n) is 6.99. The van der Waals surface area contributed by atoms with E-state index in [0.29, 0.717) is 13.1 Å². The Kier molecular flexibility index (Phi) is 7.51. The summed E-state index contributed by atoms with van der Waals surface area (Å²) in [6.07, 6.45) is 2.56. The molecule has 1 saturated heterocycles. The third-order valence-electron chi connectivity index (χ3n) is 4.78. The van der Waals surface area contributed by atoms with E-state index in [1.807, 2.05) is 24.4 Å². The number of carbonyl (C=O) groups is 2. The van der Waals surface area contributed by atoms with Crippen LogP contribution in [0.1, 0.15) is 47.5 Å². The first-order chi connectivity index (χ1) is 14.3. The third-order valence-corrected chi connectivity index (χ3v) is 8.22. The number of amides is 1. The van der Waals surface area contributed by atoms with Crippen molar-refractivity contribution in [2.75, 3.05) is 19.7 Å². The second-order valence-corrected chi connectivity index (χ2v) is 10.3. The Morgan fingerprint density at radius 2 is 1.97 bits per heavy atom. The van der Waals surface area contributed by atoms with E-state index in [0.717, 1.165) is 24.1 Å². The summed E-state index contributed by atoms with van der Waals surface area (Å²) in [5.74, 6) is -1.24. The molecule has 0 radical (unpaired) electrons. The lowest BCUT2D eigenvalue weighted by molar-refractivity contribution is -0.124. The third kappa shape index (κ3) is 5.40. The fraction of sp³-hybridized carbons (Fsp3) is 0.400. The average Bonchev–Trinajstić information content (AvgIpc) is 3.28. The summed E-state index contributed by atoms with van der Waals surface area (Å²) in [4.78, 5) is 25.3. The van der Waals surface area contributed by atoms with Crippen molar-refractivity contribution in [1.82, 2.24) is 9.62 Å². The van der Waals surface area contributed by atoms with Crippen LogP contribution in [-0.2, 0) is 19.6 Å². The predicted molar refractivity (Wildman–Crippen MR) is 115 cm³/mol. The van der Waals surface area contributed by atoms with Gasteiger partial charge in [-0.2, -0.15) is 4.31 Å². The number of nitrogens with one attached hydrogen (secondary N) is 1. The highest BCUT2D eigenvalue weighted by Crippen LogP contribution is 2.28. The summed E-state index contributed by atoms with van der Waals surface area (Å²) >= 11 is 7.63. The van der Waals surface area contributed by atoms with Gasteiger partial charge < -0.3 is 10.1 Å². The van der Waals surface area contributed by atoms with Gasteiger partial charge in [0.15, 0.2) is 6.61 Å². The van der Waals surface area contributed by atoms with Crippen LogP contribution in [-0.4, -0.2) is 44.3 Å². The zero-order valence-electron chi connectivity index (χ0n) is 16.5. The number of halogens is 1. The van der Waals surface area contributed by atoms with Gasteiger partial charge in [0.2, 0.25) is 10.0 Å². The number of piperidine rings is 1. The topological polar surface area (TPSA) is 92.8 Å². The van der Waals surface area contributed by atoms with E-state index in [1.54, 1.807) is 0 Å². The molecular weight excluding hydrogens is 448 g/mol. The Hall–Kier alpha value is -1.94. The van der Waals surface area contributed by atoms with Crippen LogP contribution in [0, 0.1) is 0 Å². The number of sulfonamides is 1. The first kappa shape index (κ1) is 22.7. The van der Waals surface area contributed by atoms with Gasteiger partial charge in [0, 0.05) is 18.0 Å². The van der Waals surface area contributed by atoms with Gasteiger partial charge in [0.05, 0.1) is 16.6 Å². The Morgan fingerprint density at radius 3 is 2.63 bits per heavy atom. The van der Waals surface area contributed by atoms with Crippen LogP contribution in [0.25, 0.3) is 0 Å². The number of ether oxygens (including phenoxy) is 1. The number of hydrogen-bond acceptors (Lipinski definition) is 6. The minimum Gasteiger partial charge on any atom is -0.452 e. The molecule has 1 unspecified atom stereocenters. The highest BCUT2D eigenvalue weighted by Gasteiger charge is 2.29. The summed E-state index contributed by atoms with van der Waals surface area (Å²) in [6.45, 7) is 2.22. The number of rotatable bonds is 7. The molecule has 1 amide bonds. The lowest BCUT2D eigenvalue weighted by atomic mass is 10.2. The highest BCUT2D eigenvalue weighted by atomic mass is 35.5. The van der Waals surface area contributed by atoms with E-state index >= 15 is 0 Å². The molecule has 1 aromatic heterocycles. The van der Waals surface area contributed by atoms with Crippen molar-refractivity contribution in [3.05, 3.63) is 51.2 Å². The second kappa shape index (κ2) is 9.91. The van der Waals surface area contributed by atoms with Crippen LogP contribution in [0.2, 0.25) is 5.02 Å². The number of esters is 1. The molecule has 10 heteroatoms. The molecule has 0 aliphatic carbocycles. The first-order valence-electron chi connectivity index (χ1n) is 9.58. The largest absolute Gasteiger partial charge is 0.452 e. The molecule has 1 atom stereocenters. The lowest BCUT2D eigenvalue weighted by Gasteiger charge is -2.26. The Morgan fingerprint density at radius 1 is 1.23 bits per heavy atom. The fourth-order valence-corrected chi connectivity index (χ4v) is 5.93. The van der Waals surface area contributed by atoms with Crippen LogP contribution in [0.4, 0.5) is 0 Å². The predicted octanol–water partition coefficient (Wildman–Crippen LogP) is 3.61. The standard InChI is InChI=1S/C20H23ClN2O5S2/c1-14(17-6-5-11-29-17)22-19(24)13-28-20(25)15-7-8-16(21)18(12-15)30(26,27)23-9-3-2-4-10-23/h5-8,11-12,14H,2-4,9-10,13H2,1H3,(H,22,24). The zero-order valence-corrected chi connectivity index (χ0v) is 18.9. The summed E-state index contributed by atoms with van der Waals surface area (Å²) in [7, 11) is -3.81. The number of nitrogens with zero attached hydrogens (tertiary/aromatic N) is 1. The van der Waals surface area contributed by atoms with Crippen molar-refractivity contribution in [2.45, 2.75) is 37.1 Å². The highest BCUT2D eigenvalue weighted by molar-refractivity contribution is 7.89. The van der Waals surface area contributed by atoms with E-state index in [2.05, 4.69) is 5.32 Å². The lowest BCUT2D eigenvalue weighted by Crippen LogP contribution is -2.35. The van der Waals surface area contributed by atoms with E-state index in [1.165, 1.54) is 33.8 Å². The van der Waals surface area contributed by atoms with Crippen molar-refractivity contribution in [3.63, 3.8) is 0 Å². The number of thiophene rings is 1. The first-order valence-corrected chi connectivity index (χ1v) is 12.3. The minimum atomic E-state index is -3.81. The fourth-order valence-electron chi connectivity index (χ4n) is 3.18. The number of carbonyl (C=O) groups excluding carboxylic acids is 2. The summed E-state index contributed by atoms with van der Waals surface area (Å²) in [6, 6.07) is 7.53. The van der Waals surface area contributed by atoms with E-state index < -0.39 is 28.5 Å². The quantitative estimate of drug-likeness (QED) is 0.624. The van der Waals surface area contributed by atoms with Gasteiger partial charge in [-0.25, -0.2) is 13.2 Å². The molecule has 3 rings (SSSR count). The van der Waals surface area contributed by atoms with E-state index in [9.17, 15) is 18.0 Å². The molecule has 1 N–H and O–H groups in total. The maximum Gasteiger partial charge on any atom is 0.338 e. The molecule has 0 saturated carbocycles. The van der Waals surface area contributed by atoms with Crippen LogP contribution in [0.3, 0.4) is 0 Å². The van der Waals surface area contributed by atoms with Crippen molar-refractivity contribution in [1.29, 1.82) is 0 Å². The molecule has 2 heterocycles. The summed E-state index contributed by atoms with van der Waals surface area (Å²) in [5, 5.41) is 4.70. The SMILES string of the molecule is CC(NC(=O)COC(=O)c1ccc(Cl)c(S(=O)(=O)N2CCCCC2)c1)c1cccs1. The molecule has 7 nitrogen and oxygen atoms in total. The Labute approximate surface area is 185 Å². The zero-order chi connectivity index (χ0) is 21.7. The van der Waals surface area contributed by atoms with Gasteiger partial charge in [-0.15, -0.1) is 11.3 Å². The molecule has 0 bridgehead atoms. The van der Waals surface area contributed by atoms with Crippen molar-refractivity contribution >= 4 is 44.8 Å². The average molecular weight is 471 g/mol. The Balaban J connectivity index is 1.65. The van der Waals surface area contributed by atoms with Crippen LogP contribution < -0.4 is 5.32 Å². The summed E-state index contributed by atoms with van der Waals surface area (Å²) < 4.78 is 32.3. The monoisotopic (exact) mass is 470 g/mol. The van der Waals surface area contributed by atoms with E-state index in [4.69, 9.17) is 16.3 Å².